The lowest BCUT2D eigenvalue weighted by molar-refractivity contribution is -0.116. The lowest BCUT2D eigenvalue weighted by atomic mass is 10.2. The topological polar surface area (TPSA) is 63.2 Å². The van der Waals surface area contributed by atoms with E-state index in [1.807, 2.05) is 24.3 Å². The highest BCUT2D eigenvalue weighted by molar-refractivity contribution is 6.32. The van der Waals surface area contributed by atoms with Gasteiger partial charge >= 0.3 is 0 Å². The van der Waals surface area contributed by atoms with Gasteiger partial charge in [-0.15, -0.1) is 0 Å². The molecule has 5 nitrogen and oxygen atoms in total. The highest BCUT2D eigenvalue weighted by Gasteiger charge is 2.14. The first kappa shape index (κ1) is 20.0. The summed E-state index contributed by atoms with van der Waals surface area (Å²) in [6, 6.07) is 17.4. The van der Waals surface area contributed by atoms with Gasteiger partial charge in [-0.2, -0.15) is 0 Å². The van der Waals surface area contributed by atoms with Crippen LogP contribution in [0.2, 0.25) is 10.0 Å². The molecule has 7 heteroatoms. The quantitative estimate of drug-likeness (QED) is 0.541. The molecule has 0 aliphatic carbocycles. The number of rotatable bonds is 7. The van der Waals surface area contributed by atoms with Gasteiger partial charge in [0.15, 0.2) is 0 Å². The van der Waals surface area contributed by atoms with Crippen molar-refractivity contribution in [2.75, 3.05) is 10.6 Å². The SMILES string of the molecule is CC(Nc1ccc(OCc2ccccn2)c(Cl)c1)C(=O)Nc1cccc(Cl)c1. The molecule has 1 unspecified atom stereocenters. The van der Waals surface area contributed by atoms with Crippen LogP contribution >= 0.6 is 23.2 Å². The smallest absolute Gasteiger partial charge is 0.246 e. The van der Waals surface area contributed by atoms with Crippen molar-refractivity contribution < 1.29 is 9.53 Å². The van der Waals surface area contributed by atoms with Gasteiger partial charge in [-0.1, -0.05) is 35.3 Å². The number of carbonyl (C=O) groups is 1. The minimum absolute atomic E-state index is 0.186. The van der Waals surface area contributed by atoms with Crippen LogP contribution in [0.25, 0.3) is 0 Å². The van der Waals surface area contributed by atoms with Crippen LogP contribution in [-0.2, 0) is 11.4 Å². The van der Waals surface area contributed by atoms with Gasteiger partial charge in [-0.3, -0.25) is 9.78 Å². The molecule has 3 aromatic rings. The second kappa shape index (κ2) is 9.44. The Balaban J connectivity index is 1.57. The third-order valence-electron chi connectivity index (χ3n) is 3.90. The number of hydrogen-bond acceptors (Lipinski definition) is 4. The number of nitrogens with one attached hydrogen (secondary N) is 2. The van der Waals surface area contributed by atoms with E-state index >= 15 is 0 Å². The minimum Gasteiger partial charge on any atom is -0.486 e. The van der Waals surface area contributed by atoms with E-state index in [2.05, 4.69) is 15.6 Å². The fraction of sp³-hybridized carbons (Fsp3) is 0.143. The average molecular weight is 416 g/mol. The number of nitrogens with zero attached hydrogens (tertiary/aromatic N) is 1. The molecule has 3 rings (SSSR count). The number of amides is 1. The number of benzene rings is 2. The van der Waals surface area contributed by atoms with Crippen molar-refractivity contribution in [2.45, 2.75) is 19.6 Å². The zero-order valence-corrected chi connectivity index (χ0v) is 16.7. The summed E-state index contributed by atoms with van der Waals surface area (Å²) in [7, 11) is 0. The first-order valence-electron chi connectivity index (χ1n) is 8.66. The molecule has 0 saturated heterocycles. The van der Waals surface area contributed by atoms with Gasteiger partial charge in [0.1, 0.15) is 18.4 Å². The first-order chi connectivity index (χ1) is 13.5. The molecule has 0 radical (unpaired) electrons. The van der Waals surface area contributed by atoms with E-state index in [0.717, 1.165) is 5.69 Å². The van der Waals surface area contributed by atoms with Gasteiger partial charge in [0, 0.05) is 22.6 Å². The Labute approximate surface area is 173 Å². The summed E-state index contributed by atoms with van der Waals surface area (Å²) >= 11 is 12.2. The van der Waals surface area contributed by atoms with Crippen molar-refractivity contribution in [3.63, 3.8) is 0 Å². The number of aromatic nitrogens is 1. The number of pyridine rings is 1. The summed E-state index contributed by atoms with van der Waals surface area (Å²) in [6.07, 6.45) is 1.71. The van der Waals surface area contributed by atoms with Crippen LogP contribution in [0, 0.1) is 0 Å². The van der Waals surface area contributed by atoms with Crippen LogP contribution in [0.15, 0.2) is 66.9 Å². The second-order valence-corrected chi connectivity index (χ2v) is 6.96. The zero-order valence-electron chi connectivity index (χ0n) is 15.2. The lowest BCUT2D eigenvalue weighted by Crippen LogP contribution is -2.31. The predicted molar refractivity (Wildman–Crippen MR) is 113 cm³/mol. The largest absolute Gasteiger partial charge is 0.486 e. The van der Waals surface area contributed by atoms with Gasteiger partial charge < -0.3 is 15.4 Å². The van der Waals surface area contributed by atoms with Crippen molar-refractivity contribution in [2.24, 2.45) is 0 Å². The molecule has 2 aromatic carbocycles. The molecule has 1 atom stereocenters. The summed E-state index contributed by atoms with van der Waals surface area (Å²) in [6.45, 7) is 2.09. The molecular formula is C21H19Cl2N3O2. The Morgan fingerprint density at radius 1 is 1.07 bits per heavy atom. The van der Waals surface area contributed by atoms with Gasteiger partial charge in [0.25, 0.3) is 0 Å². The Kier molecular flexibility index (Phi) is 6.74. The highest BCUT2D eigenvalue weighted by atomic mass is 35.5. The molecule has 0 bridgehead atoms. The minimum atomic E-state index is -0.477. The highest BCUT2D eigenvalue weighted by Crippen LogP contribution is 2.28. The maximum atomic E-state index is 12.4. The standard InChI is InChI=1S/C21H19Cl2N3O2/c1-14(21(27)26-16-7-4-5-15(22)11-16)25-17-8-9-20(19(23)12-17)28-13-18-6-2-3-10-24-18/h2-12,14,25H,13H2,1H3,(H,26,27). The van der Waals surface area contributed by atoms with Crippen LogP contribution < -0.4 is 15.4 Å². The summed E-state index contributed by atoms with van der Waals surface area (Å²) in [5.74, 6) is 0.364. The number of ether oxygens (including phenoxy) is 1. The number of carbonyl (C=O) groups excluding carboxylic acids is 1. The summed E-state index contributed by atoms with van der Waals surface area (Å²) in [4.78, 5) is 16.6. The Morgan fingerprint density at radius 3 is 2.64 bits per heavy atom. The van der Waals surface area contributed by atoms with Crippen LogP contribution in [0.3, 0.4) is 0 Å². The molecule has 0 aliphatic heterocycles. The molecule has 1 heterocycles. The van der Waals surface area contributed by atoms with Crippen molar-refractivity contribution >= 4 is 40.5 Å². The molecule has 0 fully saturated rings. The lowest BCUT2D eigenvalue weighted by Gasteiger charge is -2.16. The summed E-state index contributed by atoms with van der Waals surface area (Å²) in [5, 5.41) is 6.95. The Bertz CT molecular complexity index is 951. The van der Waals surface area contributed by atoms with E-state index in [4.69, 9.17) is 27.9 Å². The Hall–Kier alpha value is -2.76. The van der Waals surface area contributed by atoms with Crippen molar-refractivity contribution in [1.82, 2.24) is 4.98 Å². The molecule has 1 amide bonds. The number of anilines is 2. The van der Waals surface area contributed by atoms with Crippen LogP contribution in [0.5, 0.6) is 5.75 Å². The summed E-state index contributed by atoms with van der Waals surface area (Å²) < 4.78 is 5.71. The molecule has 2 N–H and O–H groups in total. The zero-order chi connectivity index (χ0) is 19.9. The van der Waals surface area contributed by atoms with Crippen molar-refractivity contribution in [1.29, 1.82) is 0 Å². The second-order valence-electron chi connectivity index (χ2n) is 6.12. The van der Waals surface area contributed by atoms with E-state index in [0.29, 0.717) is 33.8 Å². The van der Waals surface area contributed by atoms with Crippen LogP contribution in [0.1, 0.15) is 12.6 Å². The maximum Gasteiger partial charge on any atom is 0.246 e. The van der Waals surface area contributed by atoms with E-state index in [1.54, 1.807) is 49.5 Å². The third-order valence-corrected chi connectivity index (χ3v) is 4.43. The number of hydrogen-bond donors (Lipinski definition) is 2. The van der Waals surface area contributed by atoms with E-state index in [9.17, 15) is 4.79 Å². The molecule has 144 valence electrons. The average Bonchev–Trinajstić information content (AvgIpc) is 2.68. The normalized spacial score (nSPS) is 11.5. The van der Waals surface area contributed by atoms with Crippen molar-refractivity contribution in [3.8, 4) is 5.75 Å². The first-order valence-corrected chi connectivity index (χ1v) is 9.42. The predicted octanol–water partition coefficient (Wildman–Crippen LogP) is 5.41. The van der Waals surface area contributed by atoms with Gasteiger partial charge in [0.05, 0.1) is 10.7 Å². The maximum absolute atomic E-state index is 12.4. The summed E-state index contributed by atoms with van der Waals surface area (Å²) in [5.41, 5.74) is 2.17. The fourth-order valence-corrected chi connectivity index (χ4v) is 2.90. The van der Waals surface area contributed by atoms with Gasteiger partial charge in [0.2, 0.25) is 5.91 Å². The molecular weight excluding hydrogens is 397 g/mol. The molecule has 0 saturated carbocycles. The number of halogens is 2. The van der Waals surface area contributed by atoms with E-state index in [1.165, 1.54) is 0 Å². The van der Waals surface area contributed by atoms with Crippen molar-refractivity contribution in [3.05, 3.63) is 82.6 Å². The monoisotopic (exact) mass is 415 g/mol. The van der Waals surface area contributed by atoms with E-state index < -0.39 is 6.04 Å². The molecule has 1 aromatic heterocycles. The molecule has 0 spiro atoms. The van der Waals surface area contributed by atoms with Crippen LogP contribution in [-0.4, -0.2) is 16.9 Å². The van der Waals surface area contributed by atoms with Crippen LogP contribution in [0.4, 0.5) is 11.4 Å². The van der Waals surface area contributed by atoms with Gasteiger partial charge in [-0.05, 0) is 55.5 Å². The van der Waals surface area contributed by atoms with E-state index in [-0.39, 0.29) is 5.91 Å². The Morgan fingerprint density at radius 2 is 1.93 bits per heavy atom. The van der Waals surface area contributed by atoms with Gasteiger partial charge in [-0.25, -0.2) is 0 Å². The molecule has 0 aliphatic rings. The third kappa shape index (κ3) is 5.62. The molecule has 28 heavy (non-hydrogen) atoms. The fourth-order valence-electron chi connectivity index (χ4n) is 2.48.